The fourth-order valence-corrected chi connectivity index (χ4v) is 2.93. The molecule has 2 aromatic rings. The fraction of sp³-hybridized carbons (Fsp3) is 0.235. The van der Waals surface area contributed by atoms with Crippen LogP contribution in [0.1, 0.15) is 21.5 Å². The Labute approximate surface area is 146 Å². The molecule has 0 aliphatic carbocycles. The van der Waals surface area contributed by atoms with Crippen molar-refractivity contribution in [3.8, 4) is 0 Å². The van der Waals surface area contributed by atoms with E-state index in [2.05, 4.69) is 0 Å². The van der Waals surface area contributed by atoms with E-state index in [9.17, 15) is 17.6 Å². The molecule has 0 bridgehead atoms. The average Bonchev–Trinajstić information content (AvgIpc) is 2.56. The molecule has 0 unspecified atom stereocenters. The summed E-state index contributed by atoms with van der Waals surface area (Å²) in [6, 6.07) is 8.82. The molecule has 25 heavy (non-hydrogen) atoms. The number of aryl methyl sites for hydroxylation is 1. The first-order chi connectivity index (χ1) is 11.6. The topological polar surface area (TPSA) is 89.7 Å². The summed E-state index contributed by atoms with van der Waals surface area (Å²) in [4.78, 5) is 13.5. The summed E-state index contributed by atoms with van der Waals surface area (Å²) in [6.45, 7) is 1.99. The van der Waals surface area contributed by atoms with Gasteiger partial charge >= 0.3 is 5.97 Å². The van der Waals surface area contributed by atoms with Gasteiger partial charge in [0, 0.05) is 13.6 Å². The number of benzene rings is 2. The van der Waals surface area contributed by atoms with E-state index in [-0.39, 0.29) is 16.3 Å². The van der Waals surface area contributed by atoms with Crippen molar-refractivity contribution in [3.05, 3.63) is 58.9 Å². The molecule has 6 nitrogen and oxygen atoms in total. The van der Waals surface area contributed by atoms with E-state index in [1.54, 1.807) is 31.0 Å². The lowest BCUT2D eigenvalue weighted by atomic mass is 10.1. The highest BCUT2D eigenvalue weighted by Crippen LogP contribution is 2.25. The van der Waals surface area contributed by atoms with Crippen molar-refractivity contribution in [1.82, 2.24) is 0 Å². The Hall–Kier alpha value is -2.45. The van der Waals surface area contributed by atoms with E-state index in [0.29, 0.717) is 23.4 Å². The van der Waals surface area contributed by atoms with E-state index < -0.39 is 16.0 Å². The normalized spacial score (nSPS) is 11.2. The van der Waals surface area contributed by atoms with Gasteiger partial charge in [0.1, 0.15) is 5.82 Å². The number of sulfonamides is 1. The van der Waals surface area contributed by atoms with Crippen LogP contribution in [0.2, 0.25) is 0 Å². The van der Waals surface area contributed by atoms with Gasteiger partial charge in [-0.15, -0.1) is 0 Å². The summed E-state index contributed by atoms with van der Waals surface area (Å²) < 4.78 is 41.4. The zero-order valence-electron chi connectivity index (χ0n) is 14.1. The molecule has 0 atom stereocenters. The summed E-state index contributed by atoms with van der Waals surface area (Å²) >= 11 is 0. The number of carbonyl (C=O) groups excluding carboxylic acids is 1. The quantitative estimate of drug-likeness (QED) is 0.820. The molecule has 2 aromatic carbocycles. The molecule has 0 saturated heterocycles. The summed E-state index contributed by atoms with van der Waals surface area (Å²) in [7, 11) is -1.05. The molecule has 134 valence electrons. The number of nitrogens with two attached hydrogens (primary N) is 1. The van der Waals surface area contributed by atoms with Crippen molar-refractivity contribution in [2.24, 2.45) is 5.14 Å². The monoisotopic (exact) mass is 366 g/mol. The van der Waals surface area contributed by atoms with Crippen LogP contribution in [-0.4, -0.2) is 28.5 Å². The second-order valence-electron chi connectivity index (χ2n) is 5.66. The molecule has 0 saturated carbocycles. The third-order valence-electron chi connectivity index (χ3n) is 3.77. The van der Waals surface area contributed by atoms with Gasteiger partial charge in [-0.2, -0.15) is 0 Å². The largest absolute Gasteiger partial charge is 0.465 e. The molecular weight excluding hydrogens is 347 g/mol. The van der Waals surface area contributed by atoms with Gasteiger partial charge in [-0.1, -0.05) is 12.1 Å². The molecule has 8 heteroatoms. The molecule has 0 spiro atoms. The van der Waals surface area contributed by atoms with Crippen LogP contribution in [0.4, 0.5) is 10.1 Å². The Morgan fingerprint density at radius 2 is 1.92 bits per heavy atom. The maximum atomic E-state index is 13.7. The van der Waals surface area contributed by atoms with E-state index in [1.165, 1.54) is 31.4 Å². The Morgan fingerprint density at radius 3 is 2.48 bits per heavy atom. The minimum absolute atomic E-state index is 0.0594. The Balaban J connectivity index is 2.42. The number of methoxy groups -OCH3 is 1. The minimum atomic E-state index is -3.95. The molecule has 2 rings (SSSR count). The van der Waals surface area contributed by atoms with Crippen LogP contribution >= 0.6 is 0 Å². The van der Waals surface area contributed by atoms with Crippen molar-refractivity contribution in [3.63, 3.8) is 0 Å². The molecule has 0 heterocycles. The van der Waals surface area contributed by atoms with Crippen LogP contribution in [0.5, 0.6) is 0 Å². The maximum Gasteiger partial charge on any atom is 0.340 e. The van der Waals surface area contributed by atoms with Crippen molar-refractivity contribution in [2.75, 3.05) is 19.1 Å². The van der Waals surface area contributed by atoms with E-state index >= 15 is 0 Å². The van der Waals surface area contributed by atoms with Gasteiger partial charge in [0.15, 0.2) is 0 Å². The predicted octanol–water partition coefficient (Wildman–Crippen LogP) is 2.20. The van der Waals surface area contributed by atoms with Gasteiger partial charge in [0.05, 0.1) is 23.3 Å². The van der Waals surface area contributed by atoms with Crippen molar-refractivity contribution in [1.29, 1.82) is 0 Å². The SMILES string of the molecule is COC(=O)c1cc(S(N)(=O)=O)ccc1N(C)Cc1ccc(C)c(F)c1. The Bertz CT molecular complexity index is 913. The number of anilines is 1. The lowest BCUT2D eigenvalue weighted by Crippen LogP contribution is -2.21. The number of primary sulfonamides is 1. The highest BCUT2D eigenvalue weighted by atomic mass is 32.2. The number of esters is 1. The number of nitrogens with zero attached hydrogens (tertiary/aromatic N) is 1. The lowest BCUT2D eigenvalue weighted by molar-refractivity contribution is 0.0601. The summed E-state index contributed by atoms with van der Waals surface area (Å²) in [5.41, 5.74) is 1.75. The number of ether oxygens (including phenoxy) is 1. The second-order valence-corrected chi connectivity index (χ2v) is 7.22. The zero-order chi connectivity index (χ0) is 18.8. The summed E-state index contributed by atoms with van der Waals surface area (Å²) in [6.07, 6.45) is 0. The molecule has 2 N–H and O–H groups in total. The fourth-order valence-electron chi connectivity index (χ4n) is 2.39. The molecule has 0 amide bonds. The maximum absolute atomic E-state index is 13.7. The van der Waals surface area contributed by atoms with E-state index in [4.69, 9.17) is 9.88 Å². The van der Waals surface area contributed by atoms with Crippen LogP contribution in [0.25, 0.3) is 0 Å². The highest BCUT2D eigenvalue weighted by molar-refractivity contribution is 7.89. The van der Waals surface area contributed by atoms with Gasteiger partial charge in [-0.05, 0) is 42.3 Å². The van der Waals surface area contributed by atoms with Crippen LogP contribution in [-0.2, 0) is 21.3 Å². The number of halogens is 1. The molecular formula is C17H19FN2O4S. The molecule has 0 aliphatic rings. The first-order valence-corrected chi connectivity index (χ1v) is 8.89. The highest BCUT2D eigenvalue weighted by Gasteiger charge is 2.19. The van der Waals surface area contributed by atoms with Gasteiger partial charge in [-0.3, -0.25) is 0 Å². The standard InChI is InChI=1S/C17H19FN2O4S/c1-11-4-5-12(8-15(11)18)10-20(2)16-7-6-13(25(19,22)23)9-14(16)17(21)24-3/h4-9H,10H2,1-3H3,(H2,19,22,23). The Kier molecular flexibility index (Phi) is 5.44. The molecule has 0 aliphatic heterocycles. The third-order valence-corrected chi connectivity index (χ3v) is 4.68. The number of rotatable bonds is 5. The van der Waals surface area contributed by atoms with Crippen LogP contribution in [0, 0.1) is 12.7 Å². The van der Waals surface area contributed by atoms with Gasteiger partial charge in [-0.25, -0.2) is 22.7 Å². The molecule has 0 fully saturated rings. The first kappa shape index (κ1) is 18.9. The smallest absolute Gasteiger partial charge is 0.340 e. The average molecular weight is 366 g/mol. The Morgan fingerprint density at radius 1 is 1.24 bits per heavy atom. The van der Waals surface area contributed by atoms with Crippen LogP contribution < -0.4 is 10.0 Å². The molecule has 0 radical (unpaired) electrons. The van der Waals surface area contributed by atoms with Gasteiger partial charge in [0.2, 0.25) is 10.0 Å². The number of hydrogen-bond acceptors (Lipinski definition) is 5. The first-order valence-electron chi connectivity index (χ1n) is 7.35. The van der Waals surface area contributed by atoms with Crippen molar-refractivity contribution < 1.29 is 22.3 Å². The van der Waals surface area contributed by atoms with Crippen molar-refractivity contribution in [2.45, 2.75) is 18.4 Å². The van der Waals surface area contributed by atoms with Gasteiger partial charge < -0.3 is 9.64 Å². The predicted molar refractivity (Wildman–Crippen MR) is 92.4 cm³/mol. The van der Waals surface area contributed by atoms with E-state index in [0.717, 1.165) is 0 Å². The summed E-state index contributed by atoms with van der Waals surface area (Å²) in [5.74, 6) is -1.01. The number of carbonyl (C=O) groups is 1. The zero-order valence-corrected chi connectivity index (χ0v) is 14.9. The van der Waals surface area contributed by atoms with E-state index in [1.807, 2.05) is 0 Å². The van der Waals surface area contributed by atoms with Gasteiger partial charge in [0.25, 0.3) is 0 Å². The van der Waals surface area contributed by atoms with Crippen molar-refractivity contribution >= 4 is 21.7 Å². The molecule has 0 aromatic heterocycles. The van der Waals surface area contributed by atoms with Crippen LogP contribution in [0.3, 0.4) is 0 Å². The summed E-state index contributed by atoms with van der Waals surface area (Å²) in [5, 5.41) is 5.11. The third kappa shape index (κ3) is 4.34. The van der Waals surface area contributed by atoms with Crippen LogP contribution in [0.15, 0.2) is 41.3 Å². The number of hydrogen-bond donors (Lipinski definition) is 1. The minimum Gasteiger partial charge on any atom is -0.465 e. The lowest BCUT2D eigenvalue weighted by Gasteiger charge is -2.22. The second kappa shape index (κ2) is 7.20.